The largest absolute Gasteiger partial charge is 0.351 e. The highest BCUT2D eigenvalue weighted by Crippen LogP contribution is 2.33. The van der Waals surface area contributed by atoms with Gasteiger partial charge in [0.2, 0.25) is 5.76 Å². The van der Waals surface area contributed by atoms with Crippen LogP contribution in [0.5, 0.6) is 0 Å². The average Bonchev–Trinajstić information content (AvgIpc) is 3.18. The number of aromatic nitrogens is 1. The molecule has 0 aliphatic rings. The van der Waals surface area contributed by atoms with Crippen molar-refractivity contribution in [3.8, 4) is 0 Å². The lowest BCUT2D eigenvalue weighted by molar-refractivity contribution is 0.0913. The summed E-state index contributed by atoms with van der Waals surface area (Å²) in [4.78, 5) is 12.2. The van der Waals surface area contributed by atoms with Crippen molar-refractivity contribution in [1.82, 2.24) is 10.5 Å². The van der Waals surface area contributed by atoms with Gasteiger partial charge in [-0.2, -0.15) is 0 Å². The molecule has 2 aromatic carbocycles. The van der Waals surface area contributed by atoms with Crippen molar-refractivity contribution in [3.05, 3.63) is 87.7 Å². The Morgan fingerprint density at radius 1 is 1.00 bits per heavy atom. The van der Waals surface area contributed by atoms with Crippen LogP contribution in [0.2, 0.25) is 10.0 Å². The van der Waals surface area contributed by atoms with Crippen LogP contribution in [0, 0.1) is 0 Å². The van der Waals surface area contributed by atoms with Crippen molar-refractivity contribution in [2.24, 2.45) is 0 Å². The second-order valence-electron chi connectivity index (χ2n) is 6.08. The summed E-state index contributed by atoms with van der Waals surface area (Å²) in [5, 5.41) is 7.87. The van der Waals surface area contributed by atoms with Gasteiger partial charge in [-0.05, 0) is 41.3 Å². The molecule has 1 aromatic heterocycles. The predicted molar refractivity (Wildman–Crippen MR) is 103 cm³/mol. The summed E-state index contributed by atoms with van der Waals surface area (Å²) in [6, 6.07) is 17.0. The average molecular weight is 389 g/mol. The highest BCUT2D eigenvalue weighted by atomic mass is 35.5. The number of nitrogens with zero attached hydrogens (tertiary/aromatic N) is 1. The van der Waals surface area contributed by atoms with E-state index < -0.39 is 0 Å². The summed E-state index contributed by atoms with van der Waals surface area (Å²) >= 11 is 12.0. The SMILES string of the molecule is CC(c1ccc(Cl)cc1)C(CNC(=O)c1ccno1)c1ccc(Cl)cc1. The summed E-state index contributed by atoms with van der Waals surface area (Å²) in [6.45, 7) is 2.58. The summed E-state index contributed by atoms with van der Waals surface area (Å²) in [5.74, 6) is 0.118. The molecule has 0 saturated carbocycles. The molecule has 0 fully saturated rings. The van der Waals surface area contributed by atoms with Gasteiger partial charge in [-0.1, -0.05) is 59.5 Å². The van der Waals surface area contributed by atoms with Crippen LogP contribution in [-0.2, 0) is 0 Å². The maximum atomic E-state index is 12.2. The highest BCUT2D eigenvalue weighted by molar-refractivity contribution is 6.30. The normalized spacial score (nSPS) is 13.2. The second kappa shape index (κ2) is 8.39. The molecule has 1 heterocycles. The standard InChI is InChI=1S/C20H18Cl2N2O2/c1-13(14-2-6-16(21)7-3-14)18(15-4-8-17(22)9-5-15)12-23-20(25)19-10-11-24-26-19/h2-11,13,18H,12H2,1H3,(H,23,25). The van der Waals surface area contributed by atoms with E-state index in [0.29, 0.717) is 16.6 Å². The van der Waals surface area contributed by atoms with E-state index in [1.165, 1.54) is 12.3 Å². The van der Waals surface area contributed by atoms with Gasteiger partial charge in [0.05, 0.1) is 6.20 Å². The van der Waals surface area contributed by atoms with Crippen LogP contribution in [0.4, 0.5) is 0 Å². The van der Waals surface area contributed by atoms with Crippen molar-refractivity contribution in [3.63, 3.8) is 0 Å². The molecule has 6 heteroatoms. The minimum Gasteiger partial charge on any atom is -0.351 e. The molecule has 0 radical (unpaired) electrons. The fourth-order valence-corrected chi connectivity index (χ4v) is 3.17. The molecule has 1 amide bonds. The lowest BCUT2D eigenvalue weighted by Crippen LogP contribution is -2.30. The van der Waals surface area contributed by atoms with Crippen molar-refractivity contribution in [1.29, 1.82) is 0 Å². The van der Waals surface area contributed by atoms with Gasteiger partial charge in [-0.25, -0.2) is 0 Å². The third-order valence-electron chi connectivity index (χ3n) is 4.44. The zero-order chi connectivity index (χ0) is 18.5. The lowest BCUT2D eigenvalue weighted by atomic mass is 9.82. The van der Waals surface area contributed by atoms with Crippen LogP contribution in [0.25, 0.3) is 0 Å². The zero-order valence-corrected chi connectivity index (χ0v) is 15.7. The van der Waals surface area contributed by atoms with Crippen molar-refractivity contribution < 1.29 is 9.32 Å². The Morgan fingerprint density at radius 2 is 1.58 bits per heavy atom. The molecular weight excluding hydrogens is 371 g/mol. The fourth-order valence-electron chi connectivity index (χ4n) is 2.91. The third-order valence-corrected chi connectivity index (χ3v) is 4.95. The topological polar surface area (TPSA) is 55.1 Å². The molecule has 26 heavy (non-hydrogen) atoms. The van der Waals surface area contributed by atoms with Crippen LogP contribution in [0.1, 0.15) is 40.4 Å². The quantitative estimate of drug-likeness (QED) is 0.623. The number of carbonyl (C=O) groups excluding carboxylic acids is 1. The number of hydrogen-bond acceptors (Lipinski definition) is 3. The molecule has 1 N–H and O–H groups in total. The lowest BCUT2D eigenvalue weighted by Gasteiger charge is -2.25. The molecule has 0 bridgehead atoms. The monoisotopic (exact) mass is 388 g/mol. The second-order valence-corrected chi connectivity index (χ2v) is 6.96. The van der Waals surface area contributed by atoms with Crippen LogP contribution in [0.15, 0.2) is 65.3 Å². The van der Waals surface area contributed by atoms with Crippen molar-refractivity contribution >= 4 is 29.1 Å². The van der Waals surface area contributed by atoms with Crippen molar-refractivity contribution in [2.45, 2.75) is 18.8 Å². The summed E-state index contributed by atoms with van der Waals surface area (Å²) in [5.41, 5.74) is 2.23. The van der Waals surface area contributed by atoms with Crippen LogP contribution >= 0.6 is 23.2 Å². The van der Waals surface area contributed by atoms with Gasteiger partial charge in [0.25, 0.3) is 5.91 Å². The Labute approximate surface area is 162 Å². The maximum Gasteiger partial charge on any atom is 0.289 e. The molecule has 0 aliphatic carbocycles. The van der Waals surface area contributed by atoms with E-state index in [4.69, 9.17) is 27.7 Å². The van der Waals surface area contributed by atoms with E-state index in [1.54, 1.807) is 0 Å². The number of benzene rings is 2. The first-order chi connectivity index (χ1) is 12.5. The number of hydrogen-bond donors (Lipinski definition) is 1. The van der Waals surface area contributed by atoms with E-state index in [2.05, 4.69) is 17.4 Å². The van der Waals surface area contributed by atoms with Crippen molar-refractivity contribution in [2.75, 3.05) is 6.54 Å². The fraction of sp³-hybridized carbons (Fsp3) is 0.200. The Hall–Kier alpha value is -2.30. The smallest absolute Gasteiger partial charge is 0.289 e. The van der Waals surface area contributed by atoms with Gasteiger partial charge in [0.15, 0.2) is 0 Å². The van der Waals surface area contributed by atoms with Gasteiger partial charge < -0.3 is 9.84 Å². The molecule has 0 aliphatic heterocycles. The first-order valence-corrected chi connectivity index (χ1v) is 9.00. The zero-order valence-electron chi connectivity index (χ0n) is 14.2. The summed E-state index contributed by atoms with van der Waals surface area (Å²) in [6.07, 6.45) is 1.45. The van der Waals surface area contributed by atoms with E-state index in [-0.39, 0.29) is 23.5 Å². The van der Waals surface area contributed by atoms with E-state index in [1.807, 2.05) is 48.5 Å². The molecule has 0 saturated heterocycles. The number of amides is 1. The third kappa shape index (κ3) is 4.45. The minimum absolute atomic E-state index is 0.0558. The molecule has 134 valence electrons. The summed E-state index contributed by atoms with van der Waals surface area (Å²) in [7, 11) is 0. The predicted octanol–water partition coefficient (Wildman–Crippen LogP) is 5.30. The molecule has 3 rings (SSSR count). The van der Waals surface area contributed by atoms with Gasteiger partial charge in [-0.3, -0.25) is 4.79 Å². The molecule has 4 nitrogen and oxygen atoms in total. The first-order valence-electron chi connectivity index (χ1n) is 8.24. The Kier molecular flexibility index (Phi) is 5.96. The van der Waals surface area contributed by atoms with Gasteiger partial charge in [-0.15, -0.1) is 0 Å². The van der Waals surface area contributed by atoms with E-state index >= 15 is 0 Å². The van der Waals surface area contributed by atoms with Gasteiger partial charge >= 0.3 is 0 Å². The van der Waals surface area contributed by atoms with E-state index in [0.717, 1.165) is 11.1 Å². The van der Waals surface area contributed by atoms with Crippen LogP contribution in [0.3, 0.4) is 0 Å². The molecular formula is C20H18Cl2N2O2. The first kappa shape index (κ1) is 18.5. The molecule has 2 unspecified atom stereocenters. The van der Waals surface area contributed by atoms with E-state index in [9.17, 15) is 4.79 Å². The molecule has 2 atom stereocenters. The molecule has 0 spiro atoms. The maximum absolute atomic E-state index is 12.2. The van der Waals surface area contributed by atoms with Gasteiger partial charge in [0.1, 0.15) is 0 Å². The van der Waals surface area contributed by atoms with Crippen LogP contribution in [-0.4, -0.2) is 17.6 Å². The summed E-state index contributed by atoms with van der Waals surface area (Å²) < 4.78 is 4.91. The number of carbonyl (C=O) groups is 1. The Bertz CT molecular complexity index is 847. The van der Waals surface area contributed by atoms with Crippen LogP contribution < -0.4 is 5.32 Å². The Morgan fingerprint density at radius 3 is 2.12 bits per heavy atom. The minimum atomic E-state index is -0.287. The number of halogens is 2. The number of rotatable bonds is 6. The molecule has 3 aromatic rings. The number of nitrogens with one attached hydrogen (secondary N) is 1. The van der Waals surface area contributed by atoms with Gasteiger partial charge in [0, 0.05) is 28.6 Å². The highest BCUT2D eigenvalue weighted by Gasteiger charge is 2.22. The Balaban J connectivity index is 1.82.